The zero-order valence-corrected chi connectivity index (χ0v) is 11.8. The van der Waals surface area contributed by atoms with E-state index in [0.717, 1.165) is 21.0 Å². The lowest BCUT2D eigenvalue weighted by Gasteiger charge is -1.96. The van der Waals surface area contributed by atoms with Gasteiger partial charge in [0, 0.05) is 27.8 Å². The first-order valence-electron chi connectivity index (χ1n) is 5.79. The van der Waals surface area contributed by atoms with Gasteiger partial charge in [-0.15, -0.1) is 0 Å². The van der Waals surface area contributed by atoms with Crippen molar-refractivity contribution in [3.8, 4) is 0 Å². The number of carbonyl (C=O) groups is 1. The van der Waals surface area contributed by atoms with Gasteiger partial charge in [0.25, 0.3) is 0 Å². The maximum Gasteiger partial charge on any atom is 0.229 e. The molecule has 0 saturated heterocycles. The molecule has 0 spiro atoms. The molecule has 0 aliphatic carbocycles. The SMILES string of the molecule is Cc1cc(Br)cc2cc(C(=O)c3cccnc3)oc12. The number of hydrogen-bond donors (Lipinski definition) is 0. The van der Waals surface area contributed by atoms with Gasteiger partial charge >= 0.3 is 0 Å². The summed E-state index contributed by atoms with van der Waals surface area (Å²) in [6, 6.07) is 9.13. The van der Waals surface area contributed by atoms with E-state index in [2.05, 4.69) is 20.9 Å². The molecule has 1 aromatic carbocycles. The third kappa shape index (κ3) is 2.19. The van der Waals surface area contributed by atoms with Crippen LogP contribution < -0.4 is 0 Å². The molecule has 94 valence electrons. The summed E-state index contributed by atoms with van der Waals surface area (Å²) < 4.78 is 6.64. The van der Waals surface area contributed by atoms with Crippen LogP contribution in [0.15, 0.2) is 51.6 Å². The Bertz CT molecular complexity index is 762. The van der Waals surface area contributed by atoms with Gasteiger partial charge in [-0.1, -0.05) is 15.9 Å². The van der Waals surface area contributed by atoms with Crippen molar-refractivity contribution in [2.45, 2.75) is 6.92 Å². The normalized spacial score (nSPS) is 10.8. The number of carbonyl (C=O) groups excluding carboxylic acids is 1. The van der Waals surface area contributed by atoms with Gasteiger partial charge in [-0.05, 0) is 42.8 Å². The average Bonchev–Trinajstić information content (AvgIpc) is 2.83. The maximum absolute atomic E-state index is 12.3. The van der Waals surface area contributed by atoms with Crippen molar-refractivity contribution in [3.63, 3.8) is 0 Å². The van der Waals surface area contributed by atoms with Gasteiger partial charge in [0.2, 0.25) is 5.78 Å². The first-order valence-corrected chi connectivity index (χ1v) is 6.59. The Balaban J connectivity index is 2.12. The van der Waals surface area contributed by atoms with E-state index < -0.39 is 0 Å². The van der Waals surface area contributed by atoms with Gasteiger partial charge in [0.15, 0.2) is 5.76 Å². The second-order valence-corrected chi connectivity index (χ2v) is 5.24. The van der Waals surface area contributed by atoms with E-state index in [1.165, 1.54) is 6.20 Å². The number of rotatable bonds is 2. The van der Waals surface area contributed by atoms with Crippen molar-refractivity contribution >= 4 is 32.7 Å². The van der Waals surface area contributed by atoms with E-state index in [4.69, 9.17) is 4.42 Å². The lowest BCUT2D eigenvalue weighted by Crippen LogP contribution is -1.99. The Morgan fingerprint density at radius 2 is 2.16 bits per heavy atom. The standard InChI is InChI=1S/C15H10BrNO2/c1-9-5-12(16)6-11-7-13(19-15(9)11)14(18)10-3-2-4-17-8-10/h2-8H,1H3. The number of fused-ring (bicyclic) bond motifs is 1. The Morgan fingerprint density at radius 1 is 1.32 bits per heavy atom. The Hall–Kier alpha value is -1.94. The summed E-state index contributed by atoms with van der Waals surface area (Å²) in [4.78, 5) is 16.2. The number of pyridine rings is 1. The van der Waals surface area contributed by atoms with Gasteiger partial charge in [-0.25, -0.2) is 0 Å². The molecule has 0 atom stereocenters. The van der Waals surface area contributed by atoms with Crippen molar-refractivity contribution in [1.82, 2.24) is 4.98 Å². The van der Waals surface area contributed by atoms with Gasteiger partial charge < -0.3 is 4.42 Å². The summed E-state index contributed by atoms with van der Waals surface area (Å²) in [5.74, 6) is 0.184. The van der Waals surface area contributed by atoms with E-state index in [-0.39, 0.29) is 5.78 Å². The number of aromatic nitrogens is 1. The fourth-order valence-electron chi connectivity index (χ4n) is 2.03. The second-order valence-electron chi connectivity index (χ2n) is 4.32. The zero-order chi connectivity index (χ0) is 13.4. The molecule has 3 rings (SSSR count). The molecule has 3 aromatic rings. The minimum atomic E-state index is -0.153. The molecule has 19 heavy (non-hydrogen) atoms. The van der Waals surface area contributed by atoms with Gasteiger partial charge in [0.05, 0.1) is 0 Å². The average molecular weight is 316 g/mol. The third-order valence-electron chi connectivity index (χ3n) is 2.91. The van der Waals surface area contributed by atoms with Crippen LogP contribution in [0.4, 0.5) is 0 Å². The highest BCUT2D eigenvalue weighted by Gasteiger charge is 2.15. The molecule has 0 aliphatic heterocycles. The number of furan rings is 1. The minimum Gasteiger partial charge on any atom is -0.452 e. The van der Waals surface area contributed by atoms with Crippen LogP contribution in [0.3, 0.4) is 0 Å². The molecular weight excluding hydrogens is 306 g/mol. The number of hydrogen-bond acceptors (Lipinski definition) is 3. The molecule has 0 bridgehead atoms. The zero-order valence-electron chi connectivity index (χ0n) is 10.2. The Kier molecular flexibility index (Phi) is 2.95. The smallest absolute Gasteiger partial charge is 0.229 e. The quantitative estimate of drug-likeness (QED) is 0.668. The number of aryl methyl sites for hydroxylation is 1. The highest BCUT2D eigenvalue weighted by Crippen LogP contribution is 2.27. The van der Waals surface area contributed by atoms with Gasteiger partial charge in [0.1, 0.15) is 5.58 Å². The fraction of sp³-hybridized carbons (Fsp3) is 0.0667. The highest BCUT2D eigenvalue weighted by molar-refractivity contribution is 9.10. The first-order chi connectivity index (χ1) is 9.15. The van der Waals surface area contributed by atoms with Crippen molar-refractivity contribution < 1.29 is 9.21 Å². The summed E-state index contributed by atoms with van der Waals surface area (Å²) in [7, 11) is 0. The predicted molar refractivity (Wildman–Crippen MR) is 76.3 cm³/mol. The lowest BCUT2D eigenvalue weighted by molar-refractivity contribution is 0.101. The largest absolute Gasteiger partial charge is 0.452 e. The van der Waals surface area contributed by atoms with Crippen LogP contribution in [0.2, 0.25) is 0 Å². The molecule has 0 amide bonds. The first kappa shape index (κ1) is 12.1. The van der Waals surface area contributed by atoms with E-state index in [0.29, 0.717) is 11.3 Å². The molecule has 2 aromatic heterocycles. The number of benzene rings is 1. The maximum atomic E-state index is 12.3. The van der Waals surface area contributed by atoms with Gasteiger partial charge in [-0.2, -0.15) is 0 Å². The van der Waals surface area contributed by atoms with E-state index in [1.807, 2.05) is 19.1 Å². The topological polar surface area (TPSA) is 43.1 Å². The van der Waals surface area contributed by atoms with E-state index in [1.54, 1.807) is 24.4 Å². The molecule has 4 heteroatoms. The van der Waals surface area contributed by atoms with Gasteiger partial charge in [-0.3, -0.25) is 9.78 Å². The molecule has 0 N–H and O–H groups in total. The molecule has 0 saturated carbocycles. The monoisotopic (exact) mass is 315 g/mol. The minimum absolute atomic E-state index is 0.153. The number of nitrogens with zero attached hydrogens (tertiary/aromatic N) is 1. The third-order valence-corrected chi connectivity index (χ3v) is 3.37. The van der Waals surface area contributed by atoms with Crippen LogP contribution in [0.25, 0.3) is 11.0 Å². The van der Waals surface area contributed by atoms with Crippen LogP contribution in [-0.2, 0) is 0 Å². The number of ketones is 1. The van der Waals surface area contributed by atoms with Crippen molar-refractivity contribution in [1.29, 1.82) is 0 Å². The van der Waals surface area contributed by atoms with Crippen molar-refractivity contribution in [2.75, 3.05) is 0 Å². The molecule has 0 radical (unpaired) electrons. The summed E-state index contributed by atoms with van der Waals surface area (Å²) in [5, 5.41) is 0.916. The van der Waals surface area contributed by atoms with Crippen molar-refractivity contribution in [3.05, 3.63) is 64.1 Å². The Morgan fingerprint density at radius 3 is 2.89 bits per heavy atom. The second kappa shape index (κ2) is 4.63. The number of halogens is 1. The van der Waals surface area contributed by atoms with Crippen LogP contribution in [0, 0.1) is 6.92 Å². The molecule has 3 nitrogen and oxygen atoms in total. The van der Waals surface area contributed by atoms with Crippen LogP contribution in [-0.4, -0.2) is 10.8 Å². The summed E-state index contributed by atoms with van der Waals surface area (Å²) in [6.45, 7) is 1.95. The summed E-state index contributed by atoms with van der Waals surface area (Å²) in [5.41, 5.74) is 2.27. The van der Waals surface area contributed by atoms with E-state index in [9.17, 15) is 4.79 Å². The summed E-state index contributed by atoms with van der Waals surface area (Å²) >= 11 is 3.44. The highest BCUT2D eigenvalue weighted by atomic mass is 79.9. The fourth-order valence-corrected chi connectivity index (χ4v) is 2.62. The molecule has 0 aliphatic rings. The summed E-state index contributed by atoms with van der Waals surface area (Å²) in [6.07, 6.45) is 3.18. The lowest BCUT2D eigenvalue weighted by atomic mass is 10.1. The molecular formula is C15H10BrNO2. The van der Waals surface area contributed by atoms with Crippen LogP contribution in [0.1, 0.15) is 21.7 Å². The van der Waals surface area contributed by atoms with E-state index >= 15 is 0 Å². The molecule has 2 heterocycles. The molecule has 0 fully saturated rings. The predicted octanol–water partition coefficient (Wildman–Crippen LogP) is 4.13. The van der Waals surface area contributed by atoms with Crippen LogP contribution >= 0.6 is 15.9 Å². The van der Waals surface area contributed by atoms with Crippen LogP contribution in [0.5, 0.6) is 0 Å². The van der Waals surface area contributed by atoms with Crippen molar-refractivity contribution in [2.24, 2.45) is 0 Å². The molecule has 0 unspecified atom stereocenters. The Labute approximate surface area is 118 Å².